The first kappa shape index (κ1) is 25.1. The Morgan fingerprint density at radius 1 is 1.03 bits per heavy atom. The van der Waals surface area contributed by atoms with E-state index in [1.54, 1.807) is 13.1 Å². The number of hydrogen-bond donors (Lipinski definition) is 3. The first-order valence-electron chi connectivity index (χ1n) is 12.3. The summed E-state index contributed by atoms with van der Waals surface area (Å²) in [6.07, 6.45) is 8.46. The lowest BCUT2D eigenvalue weighted by molar-refractivity contribution is 0.0346. The van der Waals surface area contributed by atoms with Gasteiger partial charge in [-0.1, -0.05) is 48.6 Å². The first-order valence-corrected chi connectivity index (χ1v) is 12.3. The smallest absolute Gasteiger partial charge is 0.137 e. The number of aliphatic hydroxyl groups is 3. The van der Waals surface area contributed by atoms with Gasteiger partial charge in [-0.2, -0.15) is 0 Å². The predicted molar refractivity (Wildman–Crippen MR) is 137 cm³/mol. The highest BCUT2D eigenvalue weighted by Crippen LogP contribution is 2.25. The van der Waals surface area contributed by atoms with Gasteiger partial charge < -0.3 is 29.5 Å². The van der Waals surface area contributed by atoms with Crippen molar-refractivity contribution in [1.82, 2.24) is 14.5 Å². The van der Waals surface area contributed by atoms with Crippen molar-refractivity contribution < 1.29 is 20.1 Å². The van der Waals surface area contributed by atoms with Crippen LogP contribution in [0.15, 0.2) is 67.0 Å². The molecule has 0 radical (unpaired) electrons. The lowest BCUT2D eigenvalue weighted by Gasteiger charge is -2.33. The Bertz CT molecular complexity index is 1070. The molecule has 1 aromatic heterocycles. The molecule has 1 aliphatic rings. The number of nitrogens with zero attached hydrogens (tertiary/aromatic N) is 3. The third kappa shape index (κ3) is 7.02. The van der Waals surface area contributed by atoms with Crippen molar-refractivity contribution >= 4 is 6.08 Å². The number of piperidine rings is 1. The second-order valence-electron chi connectivity index (χ2n) is 9.12. The summed E-state index contributed by atoms with van der Waals surface area (Å²) < 4.78 is 8.11. The molecule has 4 rings (SSSR count). The number of aromatic nitrogens is 2. The summed E-state index contributed by atoms with van der Waals surface area (Å²) in [4.78, 5) is 6.37. The van der Waals surface area contributed by atoms with Crippen molar-refractivity contribution in [2.24, 2.45) is 0 Å². The van der Waals surface area contributed by atoms with Gasteiger partial charge in [0.15, 0.2) is 0 Å². The first-order chi connectivity index (χ1) is 17.0. The number of hydrogen-bond acceptors (Lipinski definition) is 6. The lowest BCUT2D eigenvalue weighted by atomic mass is 10.0. The SMILES string of the molecule is C[C@H](O)c1nccn1C/C=C/c1ccc(-c2ccc(OC3CCN(CC(O)CO)CC3)cc2)cc1. The molecule has 0 amide bonds. The molecule has 35 heavy (non-hydrogen) atoms. The van der Waals surface area contributed by atoms with Gasteiger partial charge in [0.1, 0.15) is 23.8 Å². The summed E-state index contributed by atoms with van der Waals surface area (Å²) in [6, 6.07) is 16.6. The molecule has 2 aromatic carbocycles. The number of allylic oxidation sites excluding steroid dienone is 1. The molecule has 1 aliphatic heterocycles. The Morgan fingerprint density at radius 3 is 2.31 bits per heavy atom. The second kappa shape index (κ2) is 12.1. The molecule has 0 aliphatic carbocycles. The van der Waals surface area contributed by atoms with Crippen LogP contribution in [0.1, 0.15) is 37.3 Å². The van der Waals surface area contributed by atoms with Crippen molar-refractivity contribution in [2.45, 2.75) is 44.6 Å². The standard InChI is InChI=1S/C28H35N3O4/c1-21(33)28-29-14-18-31(28)15-2-3-22-4-6-23(7-5-22)24-8-10-26(11-9-24)35-27-12-16-30(17-13-27)19-25(34)20-32/h2-11,14,18,21,25,27,32-34H,12-13,15-17,19-20H2,1H3/b3-2+/t21-,25?/m0/s1. The maximum Gasteiger partial charge on any atom is 0.137 e. The third-order valence-corrected chi connectivity index (χ3v) is 6.35. The molecule has 1 unspecified atom stereocenters. The third-order valence-electron chi connectivity index (χ3n) is 6.35. The number of aliphatic hydroxyl groups excluding tert-OH is 3. The van der Waals surface area contributed by atoms with Crippen LogP contribution in [-0.2, 0) is 6.54 Å². The molecular weight excluding hydrogens is 442 g/mol. The van der Waals surface area contributed by atoms with Gasteiger partial charge in [-0.25, -0.2) is 4.98 Å². The summed E-state index contributed by atoms with van der Waals surface area (Å²) in [5.41, 5.74) is 3.40. The summed E-state index contributed by atoms with van der Waals surface area (Å²) in [5, 5.41) is 28.4. The molecule has 3 aromatic rings. The van der Waals surface area contributed by atoms with Gasteiger partial charge in [-0.05, 0) is 48.6 Å². The molecule has 7 heteroatoms. The highest BCUT2D eigenvalue weighted by atomic mass is 16.5. The average molecular weight is 478 g/mol. The average Bonchev–Trinajstić information content (AvgIpc) is 3.35. The van der Waals surface area contributed by atoms with E-state index >= 15 is 0 Å². The zero-order valence-corrected chi connectivity index (χ0v) is 20.2. The fraction of sp³-hybridized carbons (Fsp3) is 0.393. The molecule has 0 saturated carbocycles. The van der Waals surface area contributed by atoms with Gasteiger partial charge in [-0.3, -0.25) is 0 Å². The molecule has 1 saturated heterocycles. The van der Waals surface area contributed by atoms with E-state index in [1.165, 1.54) is 0 Å². The monoisotopic (exact) mass is 477 g/mol. The number of likely N-dealkylation sites (tertiary alicyclic amines) is 1. The van der Waals surface area contributed by atoms with E-state index in [-0.39, 0.29) is 12.7 Å². The van der Waals surface area contributed by atoms with E-state index in [2.05, 4.69) is 58.4 Å². The van der Waals surface area contributed by atoms with Gasteiger partial charge in [0, 0.05) is 38.6 Å². The van der Waals surface area contributed by atoms with Crippen LogP contribution in [0, 0.1) is 0 Å². The minimum Gasteiger partial charge on any atom is -0.490 e. The van der Waals surface area contributed by atoms with Crippen LogP contribution < -0.4 is 4.74 Å². The molecule has 186 valence electrons. The molecule has 0 bridgehead atoms. The number of imidazole rings is 1. The fourth-order valence-electron chi connectivity index (χ4n) is 4.42. The highest BCUT2D eigenvalue weighted by Gasteiger charge is 2.22. The highest BCUT2D eigenvalue weighted by molar-refractivity contribution is 5.66. The maximum absolute atomic E-state index is 9.76. The quantitative estimate of drug-likeness (QED) is 0.414. The second-order valence-corrected chi connectivity index (χ2v) is 9.12. The fourth-order valence-corrected chi connectivity index (χ4v) is 4.42. The lowest BCUT2D eigenvalue weighted by Crippen LogP contribution is -2.42. The molecule has 0 spiro atoms. The summed E-state index contributed by atoms with van der Waals surface area (Å²) in [7, 11) is 0. The summed E-state index contributed by atoms with van der Waals surface area (Å²) in [6.45, 7) is 4.43. The number of rotatable bonds is 10. The number of ether oxygens (including phenoxy) is 1. The van der Waals surface area contributed by atoms with Gasteiger partial charge >= 0.3 is 0 Å². The largest absolute Gasteiger partial charge is 0.490 e. The molecule has 2 atom stereocenters. The van der Waals surface area contributed by atoms with E-state index < -0.39 is 12.2 Å². The topological polar surface area (TPSA) is 91.0 Å². The van der Waals surface area contributed by atoms with Crippen LogP contribution >= 0.6 is 0 Å². The minimum atomic E-state index is -0.670. The molecule has 7 nitrogen and oxygen atoms in total. The zero-order valence-electron chi connectivity index (χ0n) is 20.2. The molecule has 1 fully saturated rings. The van der Waals surface area contributed by atoms with Crippen molar-refractivity contribution in [3.05, 3.63) is 78.4 Å². The Labute approximate surface area is 206 Å². The van der Waals surface area contributed by atoms with Crippen LogP contribution in [0.3, 0.4) is 0 Å². The van der Waals surface area contributed by atoms with Crippen molar-refractivity contribution in [3.63, 3.8) is 0 Å². The number of β-amino-alcohol motifs (C(OH)–C–C–N with tert-alkyl or cyclic N) is 1. The number of benzene rings is 2. The van der Waals surface area contributed by atoms with Gasteiger partial charge in [0.05, 0.1) is 12.7 Å². The minimum absolute atomic E-state index is 0.174. The van der Waals surface area contributed by atoms with Crippen LogP contribution in [0.5, 0.6) is 5.75 Å². The van der Waals surface area contributed by atoms with Gasteiger partial charge in [-0.15, -0.1) is 0 Å². The van der Waals surface area contributed by atoms with E-state index in [1.807, 2.05) is 22.9 Å². The van der Waals surface area contributed by atoms with E-state index in [9.17, 15) is 10.2 Å². The van der Waals surface area contributed by atoms with Gasteiger partial charge in [0.2, 0.25) is 0 Å². The van der Waals surface area contributed by atoms with Crippen LogP contribution in [0.4, 0.5) is 0 Å². The normalized spacial score (nSPS) is 17.0. The van der Waals surface area contributed by atoms with Crippen molar-refractivity contribution in [3.8, 4) is 16.9 Å². The maximum atomic E-state index is 9.76. The summed E-state index contributed by atoms with van der Waals surface area (Å²) >= 11 is 0. The van der Waals surface area contributed by atoms with Crippen molar-refractivity contribution in [1.29, 1.82) is 0 Å². The Hall–Kier alpha value is -2.97. The predicted octanol–water partition coefficient (Wildman–Crippen LogP) is 3.51. The Balaban J connectivity index is 1.27. The van der Waals surface area contributed by atoms with Crippen LogP contribution in [-0.4, -0.2) is 68.2 Å². The van der Waals surface area contributed by atoms with Gasteiger partial charge in [0.25, 0.3) is 0 Å². The van der Waals surface area contributed by atoms with Crippen LogP contribution in [0.2, 0.25) is 0 Å². The molecule has 3 N–H and O–H groups in total. The van der Waals surface area contributed by atoms with E-state index in [0.717, 1.165) is 48.4 Å². The van der Waals surface area contributed by atoms with Crippen LogP contribution in [0.25, 0.3) is 17.2 Å². The Morgan fingerprint density at radius 2 is 1.69 bits per heavy atom. The molecule has 2 heterocycles. The van der Waals surface area contributed by atoms with E-state index in [0.29, 0.717) is 18.9 Å². The van der Waals surface area contributed by atoms with Crippen molar-refractivity contribution in [2.75, 3.05) is 26.2 Å². The Kier molecular flexibility index (Phi) is 8.71. The summed E-state index contributed by atoms with van der Waals surface area (Å²) in [5.74, 6) is 1.54. The molecular formula is C28H35N3O4. The zero-order chi connectivity index (χ0) is 24.6. The van der Waals surface area contributed by atoms with E-state index in [4.69, 9.17) is 9.84 Å².